The molecule has 162 valence electrons. The fourth-order valence-electron chi connectivity index (χ4n) is 4.52. The number of amides is 1. The molecule has 31 heavy (non-hydrogen) atoms. The predicted molar refractivity (Wildman–Crippen MR) is 122 cm³/mol. The third-order valence-electron chi connectivity index (χ3n) is 6.22. The van der Waals surface area contributed by atoms with Crippen LogP contribution in [0.2, 0.25) is 0 Å². The second-order valence-electron chi connectivity index (χ2n) is 8.33. The van der Waals surface area contributed by atoms with Crippen LogP contribution in [-0.2, 0) is 13.5 Å². The Labute approximate surface area is 182 Å². The number of ether oxygens (including phenoxy) is 1. The van der Waals surface area contributed by atoms with Crippen LogP contribution in [0.5, 0.6) is 5.75 Å². The minimum absolute atomic E-state index is 0.0593. The van der Waals surface area contributed by atoms with Crippen LogP contribution in [0.3, 0.4) is 0 Å². The van der Waals surface area contributed by atoms with Crippen molar-refractivity contribution < 1.29 is 9.53 Å². The highest BCUT2D eigenvalue weighted by molar-refractivity contribution is 5.94. The molecule has 6 heteroatoms. The van der Waals surface area contributed by atoms with E-state index < -0.39 is 0 Å². The first-order valence-electron chi connectivity index (χ1n) is 11.0. The summed E-state index contributed by atoms with van der Waals surface area (Å²) in [6.07, 6.45) is 6.06. The average molecular weight is 420 g/mol. The molecule has 1 saturated carbocycles. The van der Waals surface area contributed by atoms with E-state index in [1.807, 2.05) is 44.2 Å². The van der Waals surface area contributed by atoms with Crippen molar-refractivity contribution in [2.24, 2.45) is 7.05 Å². The lowest BCUT2D eigenvalue weighted by Crippen LogP contribution is -2.42. The predicted octanol–water partition coefficient (Wildman–Crippen LogP) is 3.92. The van der Waals surface area contributed by atoms with E-state index in [1.165, 1.54) is 0 Å². The van der Waals surface area contributed by atoms with Crippen LogP contribution >= 0.6 is 0 Å². The van der Waals surface area contributed by atoms with Crippen molar-refractivity contribution in [1.82, 2.24) is 14.9 Å². The third kappa shape index (κ3) is 4.48. The Morgan fingerprint density at radius 1 is 1.19 bits per heavy atom. The van der Waals surface area contributed by atoms with Gasteiger partial charge in [0.15, 0.2) is 0 Å². The van der Waals surface area contributed by atoms with Gasteiger partial charge in [-0.2, -0.15) is 0 Å². The molecule has 2 aromatic heterocycles. The highest BCUT2D eigenvalue weighted by atomic mass is 16.5. The standard InChI is InChI=1S/C25H29N3O3/c1-4-23-16(2)14-21(25(30)28(23)3)24(29)27-18-7-9-19(10-8-18)31-20-11-12-22-17(15-20)6-5-13-26-22/h5-6,11-15,18-19H,4,7-10H2,1-3H3,(H,27,29). The number of benzene rings is 1. The van der Waals surface area contributed by atoms with Crippen molar-refractivity contribution in [1.29, 1.82) is 0 Å². The minimum atomic E-state index is -0.280. The largest absolute Gasteiger partial charge is 0.490 e. The fourth-order valence-corrected chi connectivity index (χ4v) is 4.52. The third-order valence-corrected chi connectivity index (χ3v) is 6.22. The van der Waals surface area contributed by atoms with E-state index in [4.69, 9.17) is 4.74 Å². The maximum Gasteiger partial charge on any atom is 0.263 e. The molecule has 1 aliphatic carbocycles. The van der Waals surface area contributed by atoms with Crippen LogP contribution < -0.4 is 15.6 Å². The number of fused-ring (bicyclic) bond motifs is 1. The monoisotopic (exact) mass is 419 g/mol. The van der Waals surface area contributed by atoms with Gasteiger partial charge in [-0.3, -0.25) is 14.6 Å². The van der Waals surface area contributed by atoms with Crippen LogP contribution in [-0.4, -0.2) is 27.6 Å². The van der Waals surface area contributed by atoms with Gasteiger partial charge in [0.05, 0.1) is 11.6 Å². The van der Waals surface area contributed by atoms with E-state index >= 15 is 0 Å². The summed E-state index contributed by atoms with van der Waals surface area (Å²) in [4.78, 5) is 29.7. The van der Waals surface area contributed by atoms with Crippen molar-refractivity contribution in [3.63, 3.8) is 0 Å². The van der Waals surface area contributed by atoms with E-state index in [-0.39, 0.29) is 29.2 Å². The number of hydrogen-bond acceptors (Lipinski definition) is 4. The molecule has 1 aromatic carbocycles. The molecule has 0 saturated heterocycles. The lowest BCUT2D eigenvalue weighted by molar-refractivity contribution is 0.0892. The molecule has 0 unspecified atom stereocenters. The SMILES string of the molecule is CCc1c(C)cc(C(=O)NC2CCC(Oc3ccc4ncccc4c3)CC2)c(=O)n1C. The number of aryl methyl sites for hydroxylation is 1. The van der Waals surface area contributed by atoms with Gasteiger partial charge >= 0.3 is 0 Å². The number of carbonyl (C=O) groups excluding carboxylic acids is 1. The lowest BCUT2D eigenvalue weighted by Gasteiger charge is -2.29. The molecule has 2 heterocycles. The van der Waals surface area contributed by atoms with Gasteiger partial charge < -0.3 is 14.6 Å². The van der Waals surface area contributed by atoms with Crippen LogP contribution in [0.25, 0.3) is 10.9 Å². The van der Waals surface area contributed by atoms with Crippen LogP contribution in [0.1, 0.15) is 54.2 Å². The molecule has 0 aliphatic heterocycles. The van der Waals surface area contributed by atoms with Gasteiger partial charge in [-0.1, -0.05) is 13.0 Å². The van der Waals surface area contributed by atoms with Gasteiger partial charge in [0, 0.05) is 30.4 Å². The van der Waals surface area contributed by atoms with E-state index in [2.05, 4.69) is 10.3 Å². The smallest absolute Gasteiger partial charge is 0.263 e. The Morgan fingerprint density at radius 3 is 2.71 bits per heavy atom. The van der Waals surface area contributed by atoms with Gasteiger partial charge in [0.1, 0.15) is 11.3 Å². The minimum Gasteiger partial charge on any atom is -0.490 e. The summed E-state index contributed by atoms with van der Waals surface area (Å²) < 4.78 is 7.77. The molecule has 1 fully saturated rings. The number of pyridine rings is 2. The Bertz CT molecular complexity index is 1160. The first-order chi connectivity index (χ1) is 15.0. The summed E-state index contributed by atoms with van der Waals surface area (Å²) >= 11 is 0. The van der Waals surface area contributed by atoms with Gasteiger partial charge in [0.2, 0.25) is 0 Å². The number of rotatable bonds is 5. The average Bonchev–Trinajstić information content (AvgIpc) is 2.78. The van der Waals surface area contributed by atoms with E-state index in [0.29, 0.717) is 0 Å². The summed E-state index contributed by atoms with van der Waals surface area (Å²) in [6, 6.07) is 11.7. The summed E-state index contributed by atoms with van der Waals surface area (Å²) in [7, 11) is 1.73. The van der Waals surface area contributed by atoms with Crippen LogP contribution in [0.4, 0.5) is 0 Å². The highest BCUT2D eigenvalue weighted by Crippen LogP contribution is 2.26. The zero-order valence-corrected chi connectivity index (χ0v) is 18.4. The maximum atomic E-state index is 12.8. The number of nitrogens with one attached hydrogen (secondary N) is 1. The number of aromatic nitrogens is 2. The zero-order valence-electron chi connectivity index (χ0n) is 18.4. The molecule has 0 atom stereocenters. The molecule has 1 aliphatic rings. The normalized spacial score (nSPS) is 18.7. The molecular weight excluding hydrogens is 390 g/mol. The molecule has 4 rings (SSSR count). The Hall–Kier alpha value is -3.15. The Kier molecular flexibility index (Phi) is 6.07. The van der Waals surface area contributed by atoms with Gasteiger partial charge in [-0.25, -0.2) is 0 Å². The van der Waals surface area contributed by atoms with E-state index in [9.17, 15) is 9.59 Å². The number of carbonyl (C=O) groups is 1. The molecule has 1 N–H and O–H groups in total. The van der Waals surface area contributed by atoms with Gasteiger partial charge in [-0.15, -0.1) is 0 Å². The second-order valence-corrected chi connectivity index (χ2v) is 8.33. The zero-order chi connectivity index (χ0) is 22.0. The topological polar surface area (TPSA) is 73.2 Å². The molecular formula is C25H29N3O3. The fraction of sp³-hybridized carbons (Fsp3) is 0.400. The van der Waals surface area contributed by atoms with Crippen molar-refractivity contribution in [3.05, 3.63) is 69.8 Å². The molecule has 0 radical (unpaired) electrons. The molecule has 0 spiro atoms. The van der Waals surface area contributed by atoms with Crippen LogP contribution in [0, 0.1) is 6.92 Å². The van der Waals surface area contributed by atoms with Crippen molar-refractivity contribution in [2.45, 2.75) is 58.1 Å². The van der Waals surface area contributed by atoms with Crippen molar-refractivity contribution in [3.8, 4) is 5.75 Å². The Balaban J connectivity index is 1.36. The molecule has 1 amide bonds. The maximum absolute atomic E-state index is 12.8. The second kappa shape index (κ2) is 8.92. The Morgan fingerprint density at radius 2 is 1.97 bits per heavy atom. The number of nitrogens with zero attached hydrogens (tertiary/aromatic N) is 2. The first-order valence-corrected chi connectivity index (χ1v) is 11.0. The summed E-state index contributed by atoms with van der Waals surface area (Å²) in [5.41, 5.74) is 2.87. The van der Waals surface area contributed by atoms with E-state index in [1.54, 1.807) is 23.9 Å². The van der Waals surface area contributed by atoms with E-state index in [0.717, 1.165) is 60.0 Å². The van der Waals surface area contributed by atoms with Gasteiger partial charge in [-0.05, 0) is 74.9 Å². The summed E-state index contributed by atoms with van der Waals surface area (Å²) in [5, 5.41) is 4.12. The number of hydrogen-bond donors (Lipinski definition) is 1. The summed E-state index contributed by atoms with van der Waals surface area (Å²) in [5.74, 6) is 0.570. The molecule has 3 aromatic rings. The first kappa shape index (κ1) is 21.1. The van der Waals surface area contributed by atoms with Crippen molar-refractivity contribution in [2.75, 3.05) is 0 Å². The summed E-state index contributed by atoms with van der Waals surface area (Å²) in [6.45, 7) is 3.96. The molecule has 6 nitrogen and oxygen atoms in total. The van der Waals surface area contributed by atoms with Gasteiger partial charge in [0.25, 0.3) is 11.5 Å². The van der Waals surface area contributed by atoms with Crippen LogP contribution in [0.15, 0.2) is 47.4 Å². The quantitative estimate of drug-likeness (QED) is 0.680. The highest BCUT2D eigenvalue weighted by Gasteiger charge is 2.25. The molecule has 0 bridgehead atoms. The lowest BCUT2D eigenvalue weighted by atomic mass is 9.92. The van der Waals surface area contributed by atoms with Crippen molar-refractivity contribution >= 4 is 16.8 Å².